The quantitative estimate of drug-likeness (QED) is 0.388. The van der Waals surface area contributed by atoms with Crippen molar-refractivity contribution in [2.45, 2.75) is 32.2 Å². The number of rotatable bonds is 10. The fraction of sp³-hybridized carbons (Fsp3) is 0.400. The Labute approximate surface area is 188 Å². The summed E-state index contributed by atoms with van der Waals surface area (Å²) < 4.78 is 5.92. The number of benzene rings is 1. The zero-order valence-electron chi connectivity index (χ0n) is 18.5. The van der Waals surface area contributed by atoms with Gasteiger partial charge in [0.25, 0.3) is 10.9 Å². The Balaban J connectivity index is 1.25. The summed E-state index contributed by atoms with van der Waals surface area (Å²) in [6, 6.07) is 11.9. The summed E-state index contributed by atoms with van der Waals surface area (Å²) in [5.74, 6) is 0.866. The lowest BCUT2D eigenvalue weighted by molar-refractivity contribution is 0.220. The van der Waals surface area contributed by atoms with Crippen LogP contribution in [0.15, 0.2) is 58.4 Å². The van der Waals surface area contributed by atoms with Crippen LogP contribution in [-0.2, 0) is 6.54 Å². The third-order valence-electron chi connectivity index (χ3n) is 5.90. The van der Waals surface area contributed by atoms with Gasteiger partial charge < -0.3 is 15.0 Å². The molecule has 0 spiro atoms. The summed E-state index contributed by atoms with van der Waals surface area (Å²) in [6.07, 6.45) is 7.95. The van der Waals surface area contributed by atoms with E-state index in [4.69, 9.17) is 4.74 Å². The van der Waals surface area contributed by atoms with Crippen molar-refractivity contribution in [2.24, 2.45) is 0 Å². The fourth-order valence-electron chi connectivity index (χ4n) is 4.13. The van der Waals surface area contributed by atoms with Gasteiger partial charge in [-0.2, -0.15) is 0 Å². The molecule has 0 bridgehead atoms. The molecule has 1 saturated heterocycles. The Morgan fingerprint density at radius 3 is 2.72 bits per heavy atom. The molecule has 0 amide bonds. The number of hydrogen-bond acceptors (Lipinski definition) is 7. The molecule has 7 heteroatoms. The van der Waals surface area contributed by atoms with E-state index in [1.807, 2.05) is 18.2 Å². The van der Waals surface area contributed by atoms with Crippen molar-refractivity contribution in [2.75, 3.05) is 43.5 Å². The van der Waals surface area contributed by atoms with E-state index in [0.29, 0.717) is 30.9 Å². The molecule has 3 aromatic rings. The number of anilines is 3. The first-order valence-electron chi connectivity index (χ1n) is 11.3. The highest BCUT2D eigenvalue weighted by Crippen LogP contribution is 2.26. The molecule has 32 heavy (non-hydrogen) atoms. The molecule has 0 unspecified atom stereocenters. The number of piperidine rings is 1. The van der Waals surface area contributed by atoms with Crippen molar-refractivity contribution in [3.05, 3.63) is 74.8 Å². The largest absolute Gasteiger partial charge is 0.494 e. The van der Waals surface area contributed by atoms with E-state index in [-0.39, 0.29) is 0 Å². The number of pyridine rings is 1. The summed E-state index contributed by atoms with van der Waals surface area (Å²) in [5, 5.41) is 3.11. The molecule has 0 aliphatic carbocycles. The van der Waals surface area contributed by atoms with E-state index in [1.165, 1.54) is 37.9 Å². The van der Waals surface area contributed by atoms with E-state index in [2.05, 4.69) is 27.3 Å². The summed E-state index contributed by atoms with van der Waals surface area (Å²) in [4.78, 5) is 32.4. The summed E-state index contributed by atoms with van der Waals surface area (Å²) in [5.41, 5.74) is 1.84. The first-order valence-corrected chi connectivity index (χ1v) is 11.3. The molecular weight excluding hydrogens is 404 g/mol. The van der Waals surface area contributed by atoms with Crippen LogP contribution in [0.25, 0.3) is 0 Å². The van der Waals surface area contributed by atoms with Gasteiger partial charge in [0.2, 0.25) is 0 Å². The second kappa shape index (κ2) is 10.4. The van der Waals surface area contributed by atoms with Crippen LogP contribution in [0.1, 0.15) is 31.2 Å². The maximum atomic E-state index is 12.1. The van der Waals surface area contributed by atoms with Gasteiger partial charge in [-0.05, 0) is 62.2 Å². The maximum absolute atomic E-state index is 12.1. The van der Waals surface area contributed by atoms with Crippen molar-refractivity contribution < 1.29 is 4.74 Å². The van der Waals surface area contributed by atoms with Crippen LogP contribution in [0.5, 0.6) is 5.75 Å². The summed E-state index contributed by atoms with van der Waals surface area (Å²) in [7, 11) is 1.76. The highest BCUT2D eigenvalue weighted by Gasteiger charge is 2.24. The van der Waals surface area contributed by atoms with E-state index in [1.54, 1.807) is 30.4 Å². The van der Waals surface area contributed by atoms with Gasteiger partial charge in [0.1, 0.15) is 17.1 Å². The van der Waals surface area contributed by atoms with E-state index >= 15 is 0 Å². The van der Waals surface area contributed by atoms with Crippen LogP contribution < -0.4 is 25.8 Å². The lowest BCUT2D eigenvalue weighted by Crippen LogP contribution is -2.40. The minimum atomic E-state index is -0.472. The minimum absolute atomic E-state index is 0.366. The number of nitrogens with zero attached hydrogens (tertiary/aromatic N) is 3. The smallest absolute Gasteiger partial charge is 0.253 e. The third kappa shape index (κ3) is 5.16. The van der Waals surface area contributed by atoms with E-state index in [9.17, 15) is 9.59 Å². The zero-order valence-corrected chi connectivity index (χ0v) is 18.5. The number of hydrogen-bond donors (Lipinski definition) is 1. The first-order chi connectivity index (χ1) is 15.6. The number of ether oxygens (including phenoxy) is 1. The van der Waals surface area contributed by atoms with Crippen molar-refractivity contribution >= 4 is 17.1 Å². The Kier molecular flexibility index (Phi) is 7.17. The fourth-order valence-corrected chi connectivity index (χ4v) is 4.13. The number of aromatic nitrogens is 1. The second-order valence-corrected chi connectivity index (χ2v) is 8.27. The molecule has 168 valence electrons. The molecule has 2 heterocycles. The minimum Gasteiger partial charge on any atom is -0.494 e. The SMILES string of the molecule is CN(c1cccnc1)c1c(NCCCOc2cccc(CN3CCCCC3)c2)c(=O)c1=O. The zero-order chi connectivity index (χ0) is 22.3. The molecule has 4 rings (SSSR count). The Bertz CT molecular complexity index is 1090. The van der Waals surface area contributed by atoms with Gasteiger partial charge in [0, 0.05) is 26.3 Å². The number of likely N-dealkylation sites (tertiary alicyclic amines) is 1. The maximum Gasteiger partial charge on any atom is 0.253 e. The summed E-state index contributed by atoms with van der Waals surface area (Å²) >= 11 is 0. The summed E-state index contributed by atoms with van der Waals surface area (Å²) in [6.45, 7) is 4.39. The number of nitrogens with one attached hydrogen (secondary N) is 1. The molecular formula is C25H30N4O3. The van der Waals surface area contributed by atoms with Crippen LogP contribution in [0.2, 0.25) is 0 Å². The van der Waals surface area contributed by atoms with Crippen LogP contribution in [0.4, 0.5) is 17.1 Å². The Hall–Kier alpha value is -3.19. The molecule has 1 aromatic heterocycles. The van der Waals surface area contributed by atoms with Gasteiger partial charge in [0.05, 0.1) is 18.5 Å². The van der Waals surface area contributed by atoms with Crippen molar-refractivity contribution in [1.29, 1.82) is 0 Å². The van der Waals surface area contributed by atoms with Crippen LogP contribution in [0, 0.1) is 0 Å². The van der Waals surface area contributed by atoms with Crippen LogP contribution in [-0.4, -0.2) is 43.2 Å². The third-order valence-corrected chi connectivity index (χ3v) is 5.90. The van der Waals surface area contributed by atoms with Gasteiger partial charge in [-0.15, -0.1) is 0 Å². The normalized spacial score (nSPS) is 14.4. The molecule has 0 radical (unpaired) electrons. The second-order valence-electron chi connectivity index (χ2n) is 8.27. The molecule has 0 atom stereocenters. The van der Waals surface area contributed by atoms with E-state index < -0.39 is 10.9 Å². The predicted octanol–water partition coefficient (Wildman–Crippen LogP) is 3.31. The highest BCUT2D eigenvalue weighted by molar-refractivity contribution is 5.79. The van der Waals surface area contributed by atoms with Gasteiger partial charge in [0.15, 0.2) is 0 Å². The van der Waals surface area contributed by atoms with E-state index in [0.717, 1.165) is 18.0 Å². The van der Waals surface area contributed by atoms with Crippen LogP contribution >= 0.6 is 0 Å². The molecule has 1 aliphatic heterocycles. The van der Waals surface area contributed by atoms with Gasteiger partial charge in [-0.25, -0.2) is 0 Å². The monoisotopic (exact) mass is 434 g/mol. The Morgan fingerprint density at radius 2 is 1.94 bits per heavy atom. The van der Waals surface area contributed by atoms with Crippen molar-refractivity contribution in [3.63, 3.8) is 0 Å². The first kappa shape index (κ1) is 22.0. The van der Waals surface area contributed by atoms with Gasteiger partial charge in [-0.1, -0.05) is 18.6 Å². The molecule has 1 N–H and O–H groups in total. The van der Waals surface area contributed by atoms with Crippen molar-refractivity contribution in [3.8, 4) is 5.75 Å². The van der Waals surface area contributed by atoms with Gasteiger partial charge in [-0.3, -0.25) is 19.5 Å². The Morgan fingerprint density at radius 1 is 1.09 bits per heavy atom. The average Bonchev–Trinajstić information content (AvgIpc) is 2.84. The molecule has 7 nitrogen and oxygen atoms in total. The molecule has 1 aliphatic rings. The molecule has 1 fully saturated rings. The topological polar surface area (TPSA) is 74.8 Å². The van der Waals surface area contributed by atoms with Crippen molar-refractivity contribution in [1.82, 2.24) is 9.88 Å². The lowest BCUT2D eigenvalue weighted by Gasteiger charge is -2.26. The average molecular weight is 435 g/mol. The lowest BCUT2D eigenvalue weighted by atomic mass is 10.1. The highest BCUT2D eigenvalue weighted by atomic mass is 16.5. The molecule has 0 saturated carbocycles. The molecule has 2 aromatic carbocycles. The van der Waals surface area contributed by atoms with Gasteiger partial charge >= 0.3 is 0 Å². The standard InChI is InChI=1S/C25H30N4O3/c1-28(20-9-6-11-26-17-20)23-22(24(30)25(23)31)27-12-7-15-32-21-10-5-8-19(16-21)18-29-13-3-2-4-14-29/h5-6,8-11,16-17,27H,2-4,7,12-15,18H2,1H3. The van der Waals surface area contributed by atoms with Crippen LogP contribution in [0.3, 0.4) is 0 Å². The predicted molar refractivity (Wildman–Crippen MR) is 128 cm³/mol.